The molecule has 0 radical (unpaired) electrons. The number of amides is 1. The van der Waals surface area contributed by atoms with Crippen LogP contribution in [0.15, 0.2) is 54.6 Å². The van der Waals surface area contributed by atoms with Gasteiger partial charge < -0.3 is 4.90 Å². The molecule has 2 heterocycles. The minimum Gasteiger partial charge on any atom is -0.339 e. The van der Waals surface area contributed by atoms with E-state index in [-0.39, 0.29) is 12.5 Å². The summed E-state index contributed by atoms with van der Waals surface area (Å²) in [5.74, 6) is 1.48. The van der Waals surface area contributed by atoms with Gasteiger partial charge in [-0.3, -0.25) is 9.69 Å². The van der Waals surface area contributed by atoms with E-state index in [4.69, 9.17) is 11.6 Å². The second-order valence-corrected chi connectivity index (χ2v) is 7.73. The van der Waals surface area contributed by atoms with Crippen LogP contribution in [0.2, 0.25) is 5.02 Å². The Hall–Kier alpha value is -2.70. The molecule has 1 aromatic heterocycles. The molecule has 4 rings (SSSR count). The maximum Gasteiger partial charge on any atom is 0.244 e. The van der Waals surface area contributed by atoms with Crippen LogP contribution in [0, 0.1) is 6.92 Å². The number of hydrogen-bond donors (Lipinski definition) is 0. The Morgan fingerprint density at radius 3 is 2.52 bits per heavy atom. The molecule has 7 heteroatoms. The average molecular weight is 410 g/mol. The van der Waals surface area contributed by atoms with Crippen LogP contribution in [-0.4, -0.2) is 56.7 Å². The van der Waals surface area contributed by atoms with Crippen molar-refractivity contribution in [3.05, 3.63) is 71.0 Å². The topological polar surface area (TPSA) is 54.3 Å². The van der Waals surface area contributed by atoms with Crippen molar-refractivity contribution in [2.24, 2.45) is 0 Å². The SMILES string of the molecule is Cc1nc(-c2ccccc2)n(CC(=O)N2CCN(Cc3cccc(Cl)c3)CC2)n1. The van der Waals surface area contributed by atoms with E-state index in [1.54, 1.807) is 4.68 Å². The Balaban J connectivity index is 1.36. The molecule has 2 aromatic carbocycles. The van der Waals surface area contributed by atoms with Crippen molar-refractivity contribution in [1.82, 2.24) is 24.6 Å². The van der Waals surface area contributed by atoms with Crippen molar-refractivity contribution in [3.8, 4) is 11.4 Å². The van der Waals surface area contributed by atoms with Crippen molar-refractivity contribution in [3.63, 3.8) is 0 Å². The summed E-state index contributed by atoms with van der Waals surface area (Å²) in [6.45, 7) is 6.03. The number of rotatable bonds is 5. The fourth-order valence-corrected chi connectivity index (χ4v) is 3.86. The first kappa shape index (κ1) is 19.6. The molecule has 0 saturated carbocycles. The van der Waals surface area contributed by atoms with Gasteiger partial charge in [-0.05, 0) is 24.6 Å². The number of aromatic nitrogens is 3. The maximum atomic E-state index is 12.9. The monoisotopic (exact) mass is 409 g/mol. The number of piperazine rings is 1. The largest absolute Gasteiger partial charge is 0.339 e. The van der Waals surface area contributed by atoms with E-state index in [2.05, 4.69) is 21.0 Å². The molecule has 150 valence electrons. The normalized spacial score (nSPS) is 14.9. The van der Waals surface area contributed by atoms with E-state index >= 15 is 0 Å². The second kappa shape index (κ2) is 8.76. The lowest BCUT2D eigenvalue weighted by molar-refractivity contribution is -0.133. The predicted molar refractivity (Wildman–Crippen MR) is 114 cm³/mol. The molecule has 1 aliphatic heterocycles. The Morgan fingerprint density at radius 2 is 1.79 bits per heavy atom. The summed E-state index contributed by atoms with van der Waals surface area (Å²) in [4.78, 5) is 21.6. The summed E-state index contributed by atoms with van der Waals surface area (Å²) in [6.07, 6.45) is 0. The number of nitrogens with zero attached hydrogens (tertiary/aromatic N) is 5. The van der Waals surface area contributed by atoms with E-state index in [1.807, 2.05) is 60.4 Å². The van der Waals surface area contributed by atoms with Crippen LogP contribution in [0.5, 0.6) is 0 Å². The van der Waals surface area contributed by atoms with Gasteiger partial charge in [0.25, 0.3) is 0 Å². The van der Waals surface area contributed by atoms with E-state index in [0.717, 1.165) is 36.0 Å². The third-order valence-corrected chi connectivity index (χ3v) is 5.35. The van der Waals surface area contributed by atoms with Crippen LogP contribution in [0.3, 0.4) is 0 Å². The van der Waals surface area contributed by atoms with Gasteiger partial charge in [-0.1, -0.05) is 54.1 Å². The van der Waals surface area contributed by atoms with Gasteiger partial charge in [-0.2, -0.15) is 5.10 Å². The zero-order valence-electron chi connectivity index (χ0n) is 16.5. The first-order valence-corrected chi connectivity index (χ1v) is 10.2. The predicted octanol–water partition coefficient (Wildman–Crippen LogP) is 3.25. The summed E-state index contributed by atoms with van der Waals surface area (Å²) in [5.41, 5.74) is 2.16. The standard InChI is InChI=1S/C22H24ClN5O/c1-17-24-22(19-7-3-2-4-8-19)28(25-17)16-21(29)27-12-10-26(11-13-27)15-18-6-5-9-20(23)14-18/h2-9,14H,10-13,15-16H2,1H3. The molecule has 6 nitrogen and oxygen atoms in total. The van der Waals surface area contributed by atoms with Gasteiger partial charge in [0.2, 0.25) is 5.91 Å². The lowest BCUT2D eigenvalue weighted by Crippen LogP contribution is -2.49. The average Bonchev–Trinajstić information content (AvgIpc) is 3.09. The van der Waals surface area contributed by atoms with Crippen LogP contribution in [-0.2, 0) is 17.9 Å². The van der Waals surface area contributed by atoms with Crippen molar-refractivity contribution < 1.29 is 4.79 Å². The molecule has 3 aromatic rings. The fourth-order valence-electron chi connectivity index (χ4n) is 3.64. The number of benzene rings is 2. The van der Waals surface area contributed by atoms with Crippen LogP contribution >= 0.6 is 11.6 Å². The molecule has 1 amide bonds. The molecule has 1 aliphatic rings. The maximum absolute atomic E-state index is 12.9. The van der Waals surface area contributed by atoms with Crippen LogP contribution < -0.4 is 0 Å². The molecule has 0 unspecified atom stereocenters. The van der Waals surface area contributed by atoms with E-state index in [1.165, 1.54) is 5.56 Å². The first-order valence-electron chi connectivity index (χ1n) is 9.80. The van der Waals surface area contributed by atoms with Gasteiger partial charge >= 0.3 is 0 Å². The van der Waals surface area contributed by atoms with Gasteiger partial charge in [0, 0.05) is 43.3 Å². The highest BCUT2D eigenvalue weighted by atomic mass is 35.5. The van der Waals surface area contributed by atoms with Crippen molar-refractivity contribution >= 4 is 17.5 Å². The lowest BCUT2D eigenvalue weighted by Gasteiger charge is -2.34. The number of aryl methyl sites for hydroxylation is 1. The highest BCUT2D eigenvalue weighted by molar-refractivity contribution is 6.30. The summed E-state index contributed by atoms with van der Waals surface area (Å²) in [6, 6.07) is 17.8. The number of carbonyl (C=O) groups excluding carboxylic acids is 1. The molecule has 1 fully saturated rings. The molecule has 0 aliphatic carbocycles. The fraction of sp³-hybridized carbons (Fsp3) is 0.318. The van der Waals surface area contributed by atoms with E-state index < -0.39 is 0 Å². The lowest BCUT2D eigenvalue weighted by atomic mass is 10.2. The molecule has 1 saturated heterocycles. The van der Waals surface area contributed by atoms with Crippen LogP contribution in [0.25, 0.3) is 11.4 Å². The van der Waals surface area contributed by atoms with E-state index in [0.29, 0.717) is 18.9 Å². The second-order valence-electron chi connectivity index (χ2n) is 7.29. The van der Waals surface area contributed by atoms with Crippen LogP contribution in [0.4, 0.5) is 0 Å². The Bertz CT molecular complexity index is 980. The van der Waals surface area contributed by atoms with Crippen molar-refractivity contribution in [2.45, 2.75) is 20.0 Å². The molecule has 0 bridgehead atoms. The molecule has 29 heavy (non-hydrogen) atoms. The Kier molecular flexibility index (Phi) is 5.92. The van der Waals surface area contributed by atoms with Gasteiger partial charge in [-0.25, -0.2) is 9.67 Å². The van der Waals surface area contributed by atoms with Gasteiger partial charge in [0.1, 0.15) is 12.4 Å². The zero-order valence-corrected chi connectivity index (χ0v) is 17.2. The molecule has 0 N–H and O–H groups in total. The van der Waals surface area contributed by atoms with Gasteiger partial charge in [-0.15, -0.1) is 0 Å². The minimum absolute atomic E-state index is 0.0782. The van der Waals surface area contributed by atoms with Gasteiger partial charge in [0.05, 0.1) is 0 Å². The zero-order chi connectivity index (χ0) is 20.2. The molecule has 0 atom stereocenters. The smallest absolute Gasteiger partial charge is 0.244 e. The number of hydrogen-bond acceptors (Lipinski definition) is 4. The Morgan fingerprint density at radius 1 is 1.03 bits per heavy atom. The third-order valence-electron chi connectivity index (χ3n) is 5.11. The summed E-state index contributed by atoms with van der Waals surface area (Å²) >= 11 is 6.08. The van der Waals surface area contributed by atoms with Crippen molar-refractivity contribution in [1.29, 1.82) is 0 Å². The molecular formula is C22H24ClN5O. The highest BCUT2D eigenvalue weighted by Gasteiger charge is 2.23. The number of carbonyl (C=O) groups is 1. The summed E-state index contributed by atoms with van der Waals surface area (Å²) < 4.78 is 1.71. The quantitative estimate of drug-likeness (QED) is 0.649. The summed E-state index contributed by atoms with van der Waals surface area (Å²) in [7, 11) is 0. The first-order chi connectivity index (χ1) is 14.1. The minimum atomic E-state index is 0.0782. The summed E-state index contributed by atoms with van der Waals surface area (Å²) in [5, 5.41) is 5.19. The van der Waals surface area contributed by atoms with Crippen molar-refractivity contribution in [2.75, 3.05) is 26.2 Å². The van der Waals surface area contributed by atoms with E-state index in [9.17, 15) is 4.79 Å². The van der Waals surface area contributed by atoms with Gasteiger partial charge in [0.15, 0.2) is 5.82 Å². The highest BCUT2D eigenvalue weighted by Crippen LogP contribution is 2.18. The van der Waals surface area contributed by atoms with Crippen LogP contribution in [0.1, 0.15) is 11.4 Å². The molecular weight excluding hydrogens is 386 g/mol. The molecule has 0 spiro atoms. The number of halogens is 1. The Labute approximate surface area is 175 Å². The third kappa shape index (κ3) is 4.83.